The van der Waals surface area contributed by atoms with Crippen LogP contribution in [0, 0.1) is 0 Å². The van der Waals surface area contributed by atoms with Gasteiger partial charge in [-0.3, -0.25) is 4.79 Å². The minimum atomic E-state index is -0.0163. The lowest BCUT2D eigenvalue weighted by Crippen LogP contribution is -2.40. The molecule has 1 aliphatic rings. The number of ether oxygens (including phenoxy) is 1. The van der Waals surface area contributed by atoms with Crippen molar-refractivity contribution in [2.24, 2.45) is 0 Å². The smallest absolute Gasteiger partial charge is 0.254 e. The average Bonchev–Trinajstić information content (AvgIpc) is 3.17. The summed E-state index contributed by atoms with van der Waals surface area (Å²) < 4.78 is 5.16. The van der Waals surface area contributed by atoms with Crippen molar-refractivity contribution in [3.63, 3.8) is 0 Å². The van der Waals surface area contributed by atoms with Crippen LogP contribution < -0.4 is 0 Å². The van der Waals surface area contributed by atoms with E-state index >= 15 is 0 Å². The highest BCUT2D eigenvalue weighted by molar-refractivity contribution is 7.10. The molecule has 0 radical (unpaired) electrons. The van der Waals surface area contributed by atoms with E-state index in [0.717, 1.165) is 29.7 Å². The van der Waals surface area contributed by atoms with Crippen molar-refractivity contribution in [2.75, 3.05) is 13.7 Å². The monoisotopic (exact) mass is 363 g/mol. The first-order chi connectivity index (χ1) is 12.8. The Labute approximate surface area is 157 Å². The zero-order valence-corrected chi connectivity index (χ0v) is 15.5. The van der Waals surface area contributed by atoms with Gasteiger partial charge in [0.25, 0.3) is 5.91 Å². The highest BCUT2D eigenvalue weighted by Crippen LogP contribution is 2.38. The molecule has 4 heteroatoms. The predicted molar refractivity (Wildman–Crippen MR) is 104 cm³/mol. The Morgan fingerprint density at radius 2 is 1.88 bits per heavy atom. The maximum Gasteiger partial charge on any atom is 0.254 e. The molecular weight excluding hydrogens is 342 g/mol. The summed E-state index contributed by atoms with van der Waals surface area (Å²) in [5, 5.41) is 2.13. The Balaban J connectivity index is 1.69. The van der Waals surface area contributed by atoms with Gasteiger partial charge in [0.2, 0.25) is 0 Å². The van der Waals surface area contributed by atoms with Crippen LogP contribution in [0.1, 0.15) is 38.0 Å². The van der Waals surface area contributed by atoms with Gasteiger partial charge in [-0.15, -0.1) is 11.3 Å². The average molecular weight is 363 g/mol. The van der Waals surface area contributed by atoms with Crippen LogP contribution in [-0.4, -0.2) is 24.5 Å². The minimum absolute atomic E-state index is 0.0163. The molecule has 26 heavy (non-hydrogen) atoms. The normalized spacial score (nSPS) is 16.3. The SMILES string of the molecule is COCc1ccc(C(=O)N2CCc3sccc3[C@@H]2c2ccccc2)cc1. The summed E-state index contributed by atoms with van der Waals surface area (Å²) in [6, 6.07) is 20.2. The maximum atomic E-state index is 13.3. The number of methoxy groups -OCH3 is 1. The summed E-state index contributed by atoms with van der Waals surface area (Å²) in [4.78, 5) is 16.7. The molecule has 3 aromatic rings. The lowest BCUT2D eigenvalue weighted by atomic mass is 9.92. The van der Waals surface area contributed by atoms with Crippen LogP contribution in [0.4, 0.5) is 0 Å². The molecule has 0 aliphatic carbocycles. The third-order valence-corrected chi connectivity index (χ3v) is 5.85. The minimum Gasteiger partial charge on any atom is -0.380 e. The molecule has 0 spiro atoms. The molecule has 2 heterocycles. The number of amides is 1. The third kappa shape index (κ3) is 3.18. The molecule has 2 aromatic carbocycles. The fraction of sp³-hybridized carbons (Fsp3) is 0.227. The van der Waals surface area contributed by atoms with Crippen molar-refractivity contribution < 1.29 is 9.53 Å². The molecule has 0 bridgehead atoms. The number of hydrogen-bond donors (Lipinski definition) is 0. The molecule has 132 valence electrons. The lowest BCUT2D eigenvalue weighted by Gasteiger charge is -2.36. The Kier molecular flexibility index (Phi) is 4.87. The number of thiophene rings is 1. The van der Waals surface area contributed by atoms with Crippen molar-refractivity contribution in [3.05, 3.63) is 93.2 Å². The van der Waals surface area contributed by atoms with Crippen LogP contribution in [0.15, 0.2) is 66.0 Å². The van der Waals surface area contributed by atoms with E-state index in [1.807, 2.05) is 47.4 Å². The number of nitrogens with zero attached hydrogens (tertiary/aromatic N) is 1. The predicted octanol–water partition coefficient (Wildman–Crippen LogP) is 4.68. The summed E-state index contributed by atoms with van der Waals surface area (Å²) in [5.41, 5.74) is 4.22. The third-order valence-electron chi connectivity index (χ3n) is 4.85. The number of rotatable bonds is 4. The van der Waals surface area contributed by atoms with E-state index in [4.69, 9.17) is 4.74 Å². The fourth-order valence-corrected chi connectivity index (χ4v) is 4.51. The van der Waals surface area contributed by atoms with Crippen molar-refractivity contribution in [2.45, 2.75) is 19.1 Å². The second-order valence-corrected chi connectivity index (χ2v) is 7.49. The van der Waals surface area contributed by atoms with Crippen LogP contribution in [-0.2, 0) is 17.8 Å². The zero-order chi connectivity index (χ0) is 17.9. The Morgan fingerprint density at radius 1 is 1.12 bits per heavy atom. The van der Waals surface area contributed by atoms with E-state index in [1.165, 1.54) is 10.4 Å². The van der Waals surface area contributed by atoms with Crippen LogP contribution in [0.3, 0.4) is 0 Å². The highest BCUT2D eigenvalue weighted by Gasteiger charge is 2.33. The molecule has 0 N–H and O–H groups in total. The molecule has 0 fully saturated rings. The van der Waals surface area contributed by atoms with E-state index in [-0.39, 0.29) is 11.9 Å². The lowest BCUT2D eigenvalue weighted by molar-refractivity contribution is 0.0696. The van der Waals surface area contributed by atoms with E-state index in [9.17, 15) is 4.79 Å². The highest BCUT2D eigenvalue weighted by atomic mass is 32.1. The Bertz CT molecular complexity index is 886. The molecule has 1 aliphatic heterocycles. The molecular formula is C22H21NO2S. The van der Waals surface area contributed by atoms with Crippen LogP contribution in [0.5, 0.6) is 0 Å². The largest absolute Gasteiger partial charge is 0.380 e. The van der Waals surface area contributed by atoms with Crippen LogP contribution in [0.2, 0.25) is 0 Å². The number of benzene rings is 2. The summed E-state index contributed by atoms with van der Waals surface area (Å²) in [6.45, 7) is 1.30. The molecule has 1 amide bonds. The molecule has 1 aromatic heterocycles. The van der Waals surface area contributed by atoms with E-state index in [0.29, 0.717) is 6.61 Å². The van der Waals surface area contributed by atoms with Gasteiger partial charge in [-0.2, -0.15) is 0 Å². The first kappa shape index (κ1) is 17.0. The molecule has 0 saturated carbocycles. The maximum absolute atomic E-state index is 13.3. The Hall–Kier alpha value is -2.43. The number of carbonyl (C=O) groups is 1. The van der Waals surface area contributed by atoms with Gasteiger partial charge in [0.1, 0.15) is 0 Å². The van der Waals surface area contributed by atoms with Gasteiger partial charge >= 0.3 is 0 Å². The van der Waals surface area contributed by atoms with Crippen LogP contribution >= 0.6 is 11.3 Å². The van der Waals surface area contributed by atoms with Gasteiger partial charge in [-0.1, -0.05) is 42.5 Å². The van der Waals surface area contributed by atoms with Crippen LogP contribution in [0.25, 0.3) is 0 Å². The summed E-state index contributed by atoms with van der Waals surface area (Å²) in [5.74, 6) is 0.0830. The van der Waals surface area contributed by atoms with E-state index < -0.39 is 0 Å². The second-order valence-electron chi connectivity index (χ2n) is 6.49. The van der Waals surface area contributed by atoms with E-state index in [2.05, 4.69) is 23.6 Å². The Morgan fingerprint density at radius 3 is 2.62 bits per heavy atom. The number of hydrogen-bond acceptors (Lipinski definition) is 3. The van der Waals surface area contributed by atoms with Crippen molar-refractivity contribution in [3.8, 4) is 0 Å². The molecule has 1 atom stereocenters. The molecule has 3 nitrogen and oxygen atoms in total. The van der Waals surface area contributed by atoms with Crippen molar-refractivity contribution >= 4 is 17.2 Å². The van der Waals surface area contributed by atoms with Gasteiger partial charge in [0, 0.05) is 24.1 Å². The zero-order valence-electron chi connectivity index (χ0n) is 14.7. The molecule has 0 saturated heterocycles. The van der Waals surface area contributed by atoms with Crippen molar-refractivity contribution in [1.82, 2.24) is 4.90 Å². The second kappa shape index (κ2) is 7.44. The quantitative estimate of drug-likeness (QED) is 0.673. The van der Waals surface area contributed by atoms with Gasteiger partial charge in [-0.25, -0.2) is 0 Å². The summed E-state index contributed by atoms with van der Waals surface area (Å²) in [6.07, 6.45) is 0.920. The van der Waals surface area contributed by atoms with Gasteiger partial charge in [0.15, 0.2) is 0 Å². The first-order valence-corrected chi connectivity index (χ1v) is 9.66. The topological polar surface area (TPSA) is 29.5 Å². The standard InChI is InChI=1S/C22H21NO2S/c1-25-15-16-7-9-18(10-8-16)22(24)23-13-11-20-19(12-14-26-20)21(23)17-5-3-2-4-6-17/h2-10,12,14,21H,11,13,15H2,1H3/t21-/m0/s1. The van der Waals surface area contributed by atoms with Crippen molar-refractivity contribution in [1.29, 1.82) is 0 Å². The van der Waals surface area contributed by atoms with Gasteiger partial charge in [0.05, 0.1) is 12.6 Å². The molecule has 4 rings (SSSR count). The fourth-order valence-electron chi connectivity index (χ4n) is 3.61. The summed E-state index contributed by atoms with van der Waals surface area (Å²) >= 11 is 1.79. The number of fused-ring (bicyclic) bond motifs is 1. The summed E-state index contributed by atoms with van der Waals surface area (Å²) in [7, 11) is 1.68. The number of carbonyl (C=O) groups excluding carboxylic acids is 1. The van der Waals surface area contributed by atoms with Gasteiger partial charge in [-0.05, 0) is 46.7 Å². The molecule has 0 unspecified atom stereocenters. The first-order valence-electron chi connectivity index (χ1n) is 8.78. The van der Waals surface area contributed by atoms with E-state index in [1.54, 1.807) is 18.4 Å². The van der Waals surface area contributed by atoms with Gasteiger partial charge < -0.3 is 9.64 Å².